The number of nitro benzene ring substituents is 1. The molecule has 31 heavy (non-hydrogen) atoms. The number of anilines is 1. The van der Waals surface area contributed by atoms with Crippen molar-refractivity contribution in [2.75, 3.05) is 19.5 Å². The number of amides is 1. The van der Waals surface area contributed by atoms with E-state index in [1.807, 2.05) is 6.07 Å². The summed E-state index contributed by atoms with van der Waals surface area (Å²) in [6.07, 6.45) is 1.31. The van der Waals surface area contributed by atoms with Crippen LogP contribution in [0.4, 0.5) is 11.4 Å². The molecule has 0 saturated carbocycles. The molecule has 0 atom stereocenters. The molecule has 1 aromatic heterocycles. The molecule has 0 bridgehead atoms. The van der Waals surface area contributed by atoms with E-state index in [9.17, 15) is 20.2 Å². The van der Waals surface area contributed by atoms with Crippen LogP contribution in [0.2, 0.25) is 0 Å². The van der Waals surface area contributed by atoms with Crippen LogP contribution in [-0.2, 0) is 4.79 Å². The van der Waals surface area contributed by atoms with E-state index >= 15 is 0 Å². The Hall–Kier alpha value is -4.58. The number of carbonyl (C=O) groups is 1. The summed E-state index contributed by atoms with van der Waals surface area (Å²) in [5, 5.41) is 23.0. The number of furan rings is 1. The van der Waals surface area contributed by atoms with Crippen LogP contribution in [0.1, 0.15) is 5.76 Å². The molecule has 2 aromatic carbocycles. The van der Waals surface area contributed by atoms with E-state index in [0.29, 0.717) is 22.8 Å². The molecular formula is C22H17N3O6. The minimum Gasteiger partial charge on any atom is -0.497 e. The van der Waals surface area contributed by atoms with Gasteiger partial charge < -0.3 is 19.2 Å². The lowest BCUT2D eigenvalue weighted by Crippen LogP contribution is -2.13. The van der Waals surface area contributed by atoms with Gasteiger partial charge in [0.2, 0.25) is 0 Å². The number of non-ortho nitro benzene ring substituents is 1. The standard InChI is InChI=1S/C22H17N3O6/c1-29-17-6-3-15(4-7-17)24-22(26)14(13-23)11-18-8-10-20(31-18)19-9-5-16(25(27)28)12-21(19)30-2/h3-12H,1-2H3,(H,24,26)/b14-11-. The Labute approximate surface area is 177 Å². The first-order chi connectivity index (χ1) is 14.9. The second kappa shape index (κ2) is 9.28. The van der Waals surface area contributed by atoms with E-state index in [4.69, 9.17) is 13.9 Å². The van der Waals surface area contributed by atoms with Crippen molar-refractivity contribution in [2.24, 2.45) is 0 Å². The lowest BCUT2D eigenvalue weighted by Gasteiger charge is -2.06. The van der Waals surface area contributed by atoms with Crippen molar-refractivity contribution in [1.29, 1.82) is 5.26 Å². The Kier molecular flexibility index (Phi) is 6.33. The van der Waals surface area contributed by atoms with Gasteiger partial charge in [0.15, 0.2) is 0 Å². The molecule has 0 aliphatic carbocycles. The van der Waals surface area contributed by atoms with Crippen LogP contribution in [0.25, 0.3) is 17.4 Å². The van der Waals surface area contributed by atoms with Gasteiger partial charge in [-0.2, -0.15) is 5.26 Å². The van der Waals surface area contributed by atoms with Gasteiger partial charge in [0, 0.05) is 17.8 Å². The minimum atomic E-state index is -0.599. The van der Waals surface area contributed by atoms with Gasteiger partial charge in [-0.25, -0.2) is 0 Å². The van der Waals surface area contributed by atoms with Gasteiger partial charge >= 0.3 is 0 Å². The van der Waals surface area contributed by atoms with E-state index in [1.165, 1.54) is 38.5 Å². The molecule has 1 N–H and O–H groups in total. The molecule has 9 nitrogen and oxygen atoms in total. The predicted molar refractivity (Wildman–Crippen MR) is 113 cm³/mol. The molecule has 9 heteroatoms. The van der Waals surface area contributed by atoms with Gasteiger partial charge in [-0.15, -0.1) is 0 Å². The van der Waals surface area contributed by atoms with Gasteiger partial charge in [0.1, 0.15) is 34.7 Å². The molecule has 0 unspecified atom stereocenters. The zero-order valence-electron chi connectivity index (χ0n) is 16.6. The first-order valence-electron chi connectivity index (χ1n) is 8.95. The van der Waals surface area contributed by atoms with E-state index in [-0.39, 0.29) is 22.8 Å². The first kappa shape index (κ1) is 21.1. The number of nitrogens with one attached hydrogen (secondary N) is 1. The van der Waals surface area contributed by atoms with Crippen molar-refractivity contribution >= 4 is 23.4 Å². The summed E-state index contributed by atoms with van der Waals surface area (Å²) in [4.78, 5) is 22.8. The molecule has 0 aliphatic heterocycles. The summed E-state index contributed by atoms with van der Waals surface area (Å²) < 4.78 is 16.0. The van der Waals surface area contributed by atoms with Crippen molar-refractivity contribution in [1.82, 2.24) is 0 Å². The summed E-state index contributed by atoms with van der Waals surface area (Å²) >= 11 is 0. The Balaban J connectivity index is 1.82. The Morgan fingerprint density at radius 1 is 1.13 bits per heavy atom. The fraction of sp³-hybridized carbons (Fsp3) is 0.0909. The van der Waals surface area contributed by atoms with E-state index in [2.05, 4.69) is 5.32 Å². The number of methoxy groups -OCH3 is 2. The predicted octanol–water partition coefficient (Wildman–Crippen LogP) is 4.42. The third-order valence-electron chi connectivity index (χ3n) is 4.29. The van der Waals surface area contributed by atoms with Crippen molar-refractivity contribution in [3.8, 4) is 28.9 Å². The summed E-state index contributed by atoms with van der Waals surface area (Å²) in [7, 11) is 2.93. The average Bonchev–Trinajstić information content (AvgIpc) is 3.25. The number of rotatable bonds is 7. The highest BCUT2D eigenvalue weighted by Gasteiger charge is 2.16. The highest BCUT2D eigenvalue weighted by atomic mass is 16.6. The summed E-state index contributed by atoms with van der Waals surface area (Å²) in [6, 6.07) is 15.8. The number of ether oxygens (including phenoxy) is 2. The Bertz CT molecular complexity index is 1190. The number of nitrogens with zero attached hydrogens (tertiary/aromatic N) is 2. The van der Waals surface area contributed by atoms with Crippen molar-refractivity contribution < 1.29 is 23.6 Å². The zero-order valence-corrected chi connectivity index (χ0v) is 16.6. The highest BCUT2D eigenvalue weighted by molar-refractivity contribution is 6.09. The van der Waals surface area contributed by atoms with Crippen LogP contribution in [0.3, 0.4) is 0 Å². The summed E-state index contributed by atoms with van der Waals surface area (Å²) in [6.45, 7) is 0. The first-order valence-corrected chi connectivity index (χ1v) is 8.95. The number of nitro groups is 1. The molecule has 0 spiro atoms. The van der Waals surface area contributed by atoms with Gasteiger partial charge in [-0.1, -0.05) is 0 Å². The molecule has 3 aromatic rings. The normalized spacial score (nSPS) is 10.8. The summed E-state index contributed by atoms with van der Waals surface area (Å²) in [5.41, 5.74) is 0.721. The molecule has 0 saturated heterocycles. The smallest absolute Gasteiger partial charge is 0.273 e. The van der Waals surface area contributed by atoms with Gasteiger partial charge in [0.25, 0.3) is 11.6 Å². The van der Waals surface area contributed by atoms with E-state index < -0.39 is 10.8 Å². The molecular weight excluding hydrogens is 402 g/mol. The molecule has 1 amide bonds. The molecule has 0 radical (unpaired) electrons. The van der Waals surface area contributed by atoms with Gasteiger partial charge in [0.05, 0.1) is 30.8 Å². The highest BCUT2D eigenvalue weighted by Crippen LogP contribution is 2.34. The van der Waals surface area contributed by atoms with Gasteiger partial charge in [-0.3, -0.25) is 14.9 Å². The van der Waals surface area contributed by atoms with Crippen LogP contribution >= 0.6 is 0 Å². The Morgan fingerprint density at radius 3 is 2.48 bits per heavy atom. The third-order valence-corrected chi connectivity index (χ3v) is 4.29. The fourth-order valence-electron chi connectivity index (χ4n) is 2.74. The zero-order chi connectivity index (χ0) is 22.4. The molecule has 1 heterocycles. The van der Waals surface area contributed by atoms with Crippen molar-refractivity contribution in [2.45, 2.75) is 0 Å². The average molecular weight is 419 g/mol. The molecule has 3 rings (SSSR count). The molecule has 0 aliphatic rings. The largest absolute Gasteiger partial charge is 0.497 e. The van der Waals surface area contributed by atoms with Crippen LogP contribution in [-0.4, -0.2) is 25.1 Å². The maximum absolute atomic E-state index is 12.4. The van der Waals surface area contributed by atoms with Crippen LogP contribution < -0.4 is 14.8 Å². The second-order valence-corrected chi connectivity index (χ2v) is 6.20. The Morgan fingerprint density at radius 2 is 1.87 bits per heavy atom. The molecule has 156 valence electrons. The lowest BCUT2D eigenvalue weighted by molar-refractivity contribution is -0.384. The second-order valence-electron chi connectivity index (χ2n) is 6.20. The SMILES string of the molecule is COc1ccc(NC(=O)/C(C#N)=C\c2ccc(-c3ccc([N+](=O)[O-])cc3OC)o2)cc1. The van der Waals surface area contributed by atoms with Crippen molar-refractivity contribution in [3.63, 3.8) is 0 Å². The van der Waals surface area contributed by atoms with Crippen LogP contribution in [0.5, 0.6) is 11.5 Å². The lowest BCUT2D eigenvalue weighted by atomic mass is 10.1. The molecule has 0 fully saturated rings. The van der Waals surface area contributed by atoms with Crippen LogP contribution in [0, 0.1) is 21.4 Å². The maximum Gasteiger partial charge on any atom is 0.273 e. The van der Waals surface area contributed by atoms with Crippen LogP contribution in [0.15, 0.2) is 64.6 Å². The summed E-state index contributed by atoms with van der Waals surface area (Å²) in [5.74, 6) is 0.928. The fourth-order valence-corrected chi connectivity index (χ4v) is 2.74. The number of carbonyl (C=O) groups excluding carboxylic acids is 1. The number of hydrogen-bond acceptors (Lipinski definition) is 7. The third kappa shape index (κ3) is 4.89. The quantitative estimate of drug-likeness (QED) is 0.260. The van der Waals surface area contributed by atoms with E-state index in [1.54, 1.807) is 36.4 Å². The minimum absolute atomic E-state index is 0.116. The number of hydrogen-bond donors (Lipinski definition) is 1. The number of benzene rings is 2. The monoisotopic (exact) mass is 419 g/mol. The van der Waals surface area contributed by atoms with Gasteiger partial charge in [-0.05, 0) is 42.5 Å². The van der Waals surface area contributed by atoms with E-state index in [0.717, 1.165) is 0 Å². The maximum atomic E-state index is 12.4. The topological polar surface area (TPSA) is 128 Å². The number of nitriles is 1. The van der Waals surface area contributed by atoms with Crippen molar-refractivity contribution in [3.05, 3.63) is 76.0 Å².